The summed E-state index contributed by atoms with van der Waals surface area (Å²) in [5, 5.41) is 10.8. The summed E-state index contributed by atoms with van der Waals surface area (Å²) < 4.78 is 18.9. The van der Waals surface area contributed by atoms with Gasteiger partial charge in [-0.2, -0.15) is 0 Å². The van der Waals surface area contributed by atoms with Crippen molar-refractivity contribution in [2.45, 2.75) is 9.79 Å². The van der Waals surface area contributed by atoms with Crippen molar-refractivity contribution in [3.05, 3.63) is 83.7 Å². The van der Waals surface area contributed by atoms with Gasteiger partial charge in [-0.15, -0.1) is 10.2 Å². The lowest BCUT2D eigenvalue weighted by atomic mass is 10.2. The van der Waals surface area contributed by atoms with Crippen molar-refractivity contribution in [1.82, 2.24) is 15.2 Å². The Bertz CT molecular complexity index is 1150. The van der Waals surface area contributed by atoms with E-state index in [4.69, 9.17) is 16.0 Å². The van der Waals surface area contributed by atoms with Crippen LogP contribution in [0.2, 0.25) is 5.02 Å². The van der Waals surface area contributed by atoms with Crippen molar-refractivity contribution in [2.75, 3.05) is 5.32 Å². The molecule has 4 aromatic rings. The van der Waals surface area contributed by atoms with Gasteiger partial charge in [0.2, 0.25) is 12.3 Å². The lowest BCUT2D eigenvalue weighted by molar-refractivity contribution is 0.102. The van der Waals surface area contributed by atoms with Crippen molar-refractivity contribution in [1.29, 1.82) is 0 Å². The highest BCUT2D eigenvalue weighted by Crippen LogP contribution is 2.36. The van der Waals surface area contributed by atoms with Gasteiger partial charge in [0.15, 0.2) is 5.82 Å². The van der Waals surface area contributed by atoms with Gasteiger partial charge in [-0.25, -0.2) is 4.39 Å². The Morgan fingerprint density at radius 3 is 2.69 bits per heavy atom. The molecule has 29 heavy (non-hydrogen) atoms. The Kier molecular flexibility index (Phi) is 5.55. The van der Waals surface area contributed by atoms with E-state index >= 15 is 0 Å². The monoisotopic (exact) mass is 426 g/mol. The molecule has 0 saturated heterocycles. The minimum absolute atomic E-state index is 0.0666. The first-order chi connectivity index (χ1) is 14.1. The van der Waals surface area contributed by atoms with Gasteiger partial charge < -0.3 is 9.73 Å². The summed E-state index contributed by atoms with van der Waals surface area (Å²) in [5.41, 5.74) is 1.24. The number of halogens is 2. The quantitative estimate of drug-likeness (QED) is 0.464. The van der Waals surface area contributed by atoms with Crippen molar-refractivity contribution in [2.24, 2.45) is 0 Å². The van der Waals surface area contributed by atoms with Crippen molar-refractivity contribution in [3.63, 3.8) is 0 Å². The van der Waals surface area contributed by atoms with Gasteiger partial charge in [-0.3, -0.25) is 9.78 Å². The maximum absolute atomic E-state index is 13.7. The number of benzene rings is 2. The Hall–Kier alpha value is -3.23. The highest BCUT2D eigenvalue weighted by atomic mass is 35.5. The van der Waals surface area contributed by atoms with Crippen LogP contribution in [0.4, 0.5) is 10.1 Å². The van der Waals surface area contributed by atoms with Gasteiger partial charge in [0.05, 0.1) is 16.8 Å². The first-order valence-corrected chi connectivity index (χ1v) is 9.54. The second kappa shape index (κ2) is 8.42. The van der Waals surface area contributed by atoms with Crippen LogP contribution in [0.15, 0.2) is 81.5 Å². The average molecular weight is 427 g/mol. The molecule has 0 spiro atoms. The van der Waals surface area contributed by atoms with Gasteiger partial charge >= 0.3 is 0 Å². The zero-order chi connectivity index (χ0) is 20.2. The number of nitrogens with zero attached hydrogens (tertiary/aromatic N) is 3. The third-order valence-corrected chi connectivity index (χ3v) is 5.40. The molecule has 0 fully saturated rings. The number of rotatable bonds is 5. The Morgan fingerprint density at radius 1 is 1.14 bits per heavy atom. The molecule has 0 aliphatic rings. The van der Waals surface area contributed by atoms with Crippen LogP contribution < -0.4 is 5.32 Å². The molecule has 0 bridgehead atoms. The number of carbonyl (C=O) groups excluding carboxylic acids is 1. The van der Waals surface area contributed by atoms with Crippen molar-refractivity contribution < 1.29 is 13.6 Å². The number of hydrogen-bond donors (Lipinski definition) is 1. The SMILES string of the molecule is O=C(Nc1ccc(Sc2cc(-c3nnco3)ccc2Cl)cc1)c1ccncc1F. The Balaban J connectivity index is 1.48. The van der Waals surface area contributed by atoms with Crippen LogP contribution in [0.25, 0.3) is 11.5 Å². The lowest BCUT2D eigenvalue weighted by Crippen LogP contribution is -2.13. The zero-order valence-electron chi connectivity index (χ0n) is 14.7. The molecule has 1 N–H and O–H groups in total. The maximum atomic E-state index is 13.7. The number of carbonyl (C=O) groups is 1. The van der Waals surface area contributed by atoms with Gasteiger partial charge in [-0.1, -0.05) is 23.4 Å². The van der Waals surface area contributed by atoms with E-state index in [0.717, 1.165) is 21.6 Å². The maximum Gasteiger partial charge on any atom is 0.258 e. The highest BCUT2D eigenvalue weighted by molar-refractivity contribution is 7.99. The van der Waals surface area contributed by atoms with Gasteiger partial charge in [-0.05, 0) is 48.5 Å². The van der Waals surface area contributed by atoms with Crippen molar-refractivity contribution >= 4 is 35.0 Å². The van der Waals surface area contributed by atoms with Crippen LogP contribution in [-0.4, -0.2) is 21.1 Å². The smallest absolute Gasteiger partial charge is 0.258 e. The van der Waals surface area contributed by atoms with Crippen LogP contribution in [0, 0.1) is 5.82 Å². The molecule has 2 heterocycles. The summed E-state index contributed by atoms with van der Waals surface area (Å²) in [6, 6.07) is 13.9. The number of aromatic nitrogens is 3. The fourth-order valence-corrected chi connectivity index (χ4v) is 3.62. The van der Waals surface area contributed by atoms with Gasteiger partial charge in [0, 0.05) is 27.2 Å². The van der Waals surface area contributed by atoms with Gasteiger partial charge in [0.25, 0.3) is 5.91 Å². The van der Waals surface area contributed by atoms with Crippen LogP contribution >= 0.6 is 23.4 Å². The van der Waals surface area contributed by atoms with Gasteiger partial charge in [0.1, 0.15) is 0 Å². The van der Waals surface area contributed by atoms with E-state index in [1.807, 2.05) is 18.2 Å². The normalized spacial score (nSPS) is 10.7. The average Bonchev–Trinajstić information content (AvgIpc) is 3.26. The van der Waals surface area contributed by atoms with E-state index in [1.54, 1.807) is 24.3 Å². The van der Waals surface area contributed by atoms with E-state index in [2.05, 4.69) is 20.5 Å². The third kappa shape index (κ3) is 4.44. The minimum atomic E-state index is -0.673. The molecule has 4 rings (SSSR count). The third-order valence-electron chi connectivity index (χ3n) is 3.90. The molecule has 2 aromatic heterocycles. The van der Waals surface area contributed by atoms with E-state index in [9.17, 15) is 9.18 Å². The number of pyridine rings is 1. The molecule has 144 valence electrons. The van der Waals surface area contributed by atoms with Crippen LogP contribution in [0.3, 0.4) is 0 Å². The molecule has 2 aromatic carbocycles. The predicted molar refractivity (Wildman–Crippen MR) is 107 cm³/mol. The van der Waals surface area contributed by atoms with Crippen LogP contribution in [0.1, 0.15) is 10.4 Å². The second-order valence-electron chi connectivity index (χ2n) is 5.83. The number of anilines is 1. The fraction of sp³-hybridized carbons (Fsp3) is 0. The summed E-state index contributed by atoms with van der Waals surface area (Å²) in [6.07, 6.45) is 3.63. The number of nitrogens with one attached hydrogen (secondary N) is 1. The molecule has 0 unspecified atom stereocenters. The molecule has 0 aliphatic carbocycles. The molecule has 0 radical (unpaired) electrons. The molecule has 1 amide bonds. The predicted octanol–water partition coefficient (Wildman–Crippen LogP) is 5.33. The summed E-state index contributed by atoms with van der Waals surface area (Å²) in [6.45, 7) is 0. The van der Waals surface area contributed by atoms with E-state index < -0.39 is 11.7 Å². The number of amides is 1. The summed E-state index contributed by atoms with van der Waals surface area (Å²) >= 11 is 7.75. The Morgan fingerprint density at radius 2 is 1.97 bits per heavy atom. The fourth-order valence-electron chi connectivity index (χ4n) is 2.50. The summed E-state index contributed by atoms with van der Waals surface area (Å²) in [5.74, 6) is -0.807. The molecular weight excluding hydrogens is 415 g/mol. The topological polar surface area (TPSA) is 80.9 Å². The molecular formula is C20H12ClFN4O2S. The molecule has 9 heteroatoms. The van der Waals surface area contributed by atoms with E-state index in [1.165, 1.54) is 30.4 Å². The largest absolute Gasteiger partial charge is 0.423 e. The van der Waals surface area contributed by atoms with E-state index in [0.29, 0.717) is 16.6 Å². The first kappa shape index (κ1) is 19.1. The van der Waals surface area contributed by atoms with Crippen LogP contribution in [0.5, 0.6) is 0 Å². The highest BCUT2D eigenvalue weighted by Gasteiger charge is 2.12. The summed E-state index contributed by atoms with van der Waals surface area (Å²) in [7, 11) is 0. The number of hydrogen-bond acceptors (Lipinski definition) is 6. The molecule has 0 atom stereocenters. The summed E-state index contributed by atoms with van der Waals surface area (Å²) in [4.78, 5) is 17.5. The van der Waals surface area contributed by atoms with Crippen molar-refractivity contribution in [3.8, 4) is 11.5 Å². The van der Waals surface area contributed by atoms with E-state index in [-0.39, 0.29) is 5.56 Å². The molecule has 6 nitrogen and oxygen atoms in total. The lowest BCUT2D eigenvalue weighted by Gasteiger charge is -2.08. The molecule has 0 saturated carbocycles. The molecule has 0 aliphatic heterocycles. The Labute approximate surface area is 174 Å². The van der Waals surface area contributed by atoms with Crippen LogP contribution in [-0.2, 0) is 0 Å². The minimum Gasteiger partial charge on any atom is -0.423 e. The second-order valence-corrected chi connectivity index (χ2v) is 7.35. The zero-order valence-corrected chi connectivity index (χ0v) is 16.2. The standard InChI is InChI=1S/C20H12ClFN4O2S/c21-16-6-1-12(20-26-24-11-28-20)9-18(16)29-14-4-2-13(3-5-14)25-19(27)15-7-8-23-10-17(15)22/h1-11H,(H,25,27). The first-order valence-electron chi connectivity index (χ1n) is 8.35.